The van der Waals surface area contributed by atoms with Crippen LogP contribution in [0.25, 0.3) is 0 Å². The maximum absolute atomic E-state index is 12.9. The van der Waals surface area contributed by atoms with Crippen molar-refractivity contribution < 1.29 is 9.18 Å². The second-order valence-corrected chi connectivity index (χ2v) is 5.98. The second-order valence-electron chi connectivity index (χ2n) is 4.15. The highest BCUT2D eigenvalue weighted by Gasteiger charge is 2.09. The minimum atomic E-state index is -0.459. The van der Waals surface area contributed by atoms with Gasteiger partial charge in [0.1, 0.15) is 5.82 Å². The molecule has 0 saturated heterocycles. The van der Waals surface area contributed by atoms with E-state index in [1.807, 2.05) is 0 Å². The van der Waals surface area contributed by atoms with Crippen molar-refractivity contribution in [2.75, 3.05) is 16.8 Å². The summed E-state index contributed by atoms with van der Waals surface area (Å²) >= 11 is 13.1. The fourth-order valence-corrected chi connectivity index (χ4v) is 2.83. The number of nitrogens with one attached hydrogen (secondary N) is 1. The van der Waals surface area contributed by atoms with E-state index >= 15 is 0 Å². The van der Waals surface area contributed by atoms with Crippen molar-refractivity contribution in [3.63, 3.8) is 0 Å². The van der Waals surface area contributed by atoms with Gasteiger partial charge in [-0.2, -0.15) is 0 Å². The fourth-order valence-electron chi connectivity index (χ4n) is 1.55. The van der Waals surface area contributed by atoms with Gasteiger partial charge in [-0.25, -0.2) is 4.39 Å². The van der Waals surface area contributed by atoms with Gasteiger partial charge in [0, 0.05) is 10.6 Å². The Hall–Kier alpha value is -1.43. The van der Waals surface area contributed by atoms with E-state index in [2.05, 4.69) is 5.32 Å². The Morgan fingerprint density at radius 2 is 1.95 bits per heavy atom. The van der Waals surface area contributed by atoms with Gasteiger partial charge < -0.3 is 11.1 Å². The van der Waals surface area contributed by atoms with Gasteiger partial charge in [0.25, 0.3) is 0 Å². The maximum atomic E-state index is 12.9. The van der Waals surface area contributed by atoms with Crippen molar-refractivity contribution in [2.24, 2.45) is 0 Å². The van der Waals surface area contributed by atoms with E-state index in [1.54, 1.807) is 18.2 Å². The van der Waals surface area contributed by atoms with Crippen molar-refractivity contribution >= 4 is 52.2 Å². The highest BCUT2D eigenvalue weighted by atomic mass is 35.5. The van der Waals surface area contributed by atoms with E-state index in [4.69, 9.17) is 28.9 Å². The summed E-state index contributed by atoms with van der Waals surface area (Å²) in [6.45, 7) is 0. The summed E-state index contributed by atoms with van der Waals surface area (Å²) < 4.78 is 12.9. The molecular weight excluding hydrogens is 334 g/mol. The number of nitrogen functional groups attached to an aromatic ring is 1. The summed E-state index contributed by atoms with van der Waals surface area (Å²) in [6, 6.07) is 8.83. The normalized spacial score (nSPS) is 10.4. The zero-order valence-corrected chi connectivity index (χ0v) is 13.0. The molecule has 0 fully saturated rings. The standard InChI is InChI=1S/C14H11Cl2FN2OS/c15-10-3-2-9(18)6-13(10)21-7-14(20)19-12-4-1-8(17)5-11(12)16/h1-6H,7,18H2,(H,19,20). The lowest BCUT2D eigenvalue weighted by Gasteiger charge is -2.08. The van der Waals surface area contributed by atoms with Crippen LogP contribution in [0.5, 0.6) is 0 Å². The highest BCUT2D eigenvalue weighted by molar-refractivity contribution is 8.00. The van der Waals surface area contributed by atoms with E-state index in [1.165, 1.54) is 23.9 Å². The summed E-state index contributed by atoms with van der Waals surface area (Å²) in [5.74, 6) is -0.595. The average molecular weight is 345 g/mol. The van der Waals surface area contributed by atoms with E-state index in [9.17, 15) is 9.18 Å². The zero-order chi connectivity index (χ0) is 15.4. The molecule has 2 rings (SSSR count). The number of anilines is 2. The molecule has 0 aromatic heterocycles. The summed E-state index contributed by atoms with van der Waals surface area (Å²) in [5, 5.41) is 3.29. The molecule has 2 aromatic rings. The van der Waals surface area contributed by atoms with Crippen molar-refractivity contribution in [2.45, 2.75) is 4.90 Å². The number of carbonyl (C=O) groups excluding carboxylic acids is 1. The predicted octanol–water partition coefficient (Wildman–Crippen LogP) is 4.45. The van der Waals surface area contributed by atoms with Crippen molar-refractivity contribution in [3.05, 3.63) is 52.3 Å². The molecular formula is C14H11Cl2FN2OS. The third-order valence-electron chi connectivity index (χ3n) is 2.52. The minimum absolute atomic E-state index is 0.136. The number of hydrogen-bond donors (Lipinski definition) is 2. The van der Waals surface area contributed by atoms with E-state index in [0.29, 0.717) is 16.4 Å². The van der Waals surface area contributed by atoms with Gasteiger partial charge >= 0.3 is 0 Å². The molecule has 0 radical (unpaired) electrons. The molecule has 7 heteroatoms. The van der Waals surface area contributed by atoms with Gasteiger partial charge in [-0.1, -0.05) is 23.2 Å². The topological polar surface area (TPSA) is 55.1 Å². The number of amides is 1. The fraction of sp³-hybridized carbons (Fsp3) is 0.0714. The van der Waals surface area contributed by atoms with Crippen LogP contribution in [0.4, 0.5) is 15.8 Å². The minimum Gasteiger partial charge on any atom is -0.399 e. The molecule has 0 atom stereocenters. The van der Waals surface area contributed by atoms with Crippen LogP contribution in [0.15, 0.2) is 41.3 Å². The Balaban J connectivity index is 1.97. The van der Waals surface area contributed by atoms with Crippen LogP contribution in [-0.2, 0) is 4.79 Å². The predicted molar refractivity (Wildman–Crippen MR) is 86.6 cm³/mol. The van der Waals surface area contributed by atoms with Gasteiger partial charge in [-0.3, -0.25) is 4.79 Å². The third-order valence-corrected chi connectivity index (χ3v) is 4.33. The van der Waals surface area contributed by atoms with Gasteiger partial charge in [0.15, 0.2) is 0 Å². The molecule has 2 aromatic carbocycles. The van der Waals surface area contributed by atoms with Crippen LogP contribution in [-0.4, -0.2) is 11.7 Å². The number of hydrogen-bond acceptors (Lipinski definition) is 3. The highest BCUT2D eigenvalue weighted by Crippen LogP contribution is 2.29. The smallest absolute Gasteiger partial charge is 0.234 e. The lowest BCUT2D eigenvalue weighted by atomic mass is 10.3. The molecule has 0 unspecified atom stereocenters. The molecule has 3 nitrogen and oxygen atoms in total. The SMILES string of the molecule is Nc1ccc(Cl)c(SCC(=O)Nc2ccc(F)cc2Cl)c1. The Bertz CT molecular complexity index is 682. The molecule has 0 aliphatic carbocycles. The van der Waals surface area contributed by atoms with E-state index < -0.39 is 5.82 Å². The number of rotatable bonds is 4. The first-order valence-electron chi connectivity index (χ1n) is 5.88. The lowest BCUT2D eigenvalue weighted by Crippen LogP contribution is -2.14. The molecule has 0 saturated carbocycles. The molecule has 3 N–H and O–H groups in total. The van der Waals surface area contributed by atoms with Crippen LogP contribution in [0.1, 0.15) is 0 Å². The summed E-state index contributed by atoms with van der Waals surface area (Å²) in [4.78, 5) is 12.6. The number of benzene rings is 2. The Labute approximate surface area is 135 Å². The molecule has 1 amide bonds. The van der Waals surface area contributed by atoms with E-state index in [0.717, 1.165) is 11.0 Å². The first-order chi connectivity index (χ1) is 9.95. The number of thioether (sulfide) groups is 1. The molecule has 0 bridgehead atoms. The zero-order valence-electron chi connectivity index (χ0n) is 10.7. The Morgan fingerprint density at radius 1 is 1.19 bits per heavy atom. The van der Waals surface area contributed by atoms with Crippen molar-refractivity contribution in [1.82, 2.24) is 0 Å². The van der Waals surface area contributed by atoms with Gasteiger partial charge in [0.05, 0.1) is 21.5 Å². The number of nitrogens with two attached hydrogens (primary N) is 1. The monoisotopic (exact) mass is 344 g/mol. The summed E-state index contributed by atoms with van der Waals surface area (Å²) in [7, 11) is 0. The number of carbonyl (C=O) groups is 1. The first-order valence-corrected chi connectivity index (χ1v) is 7.62. The summed E-state index contributed by atoms with van der Waals surface area (Å²) in [6.07, 6.45) is 0. The van der Waals surface area contributed by atoms with Crippen molar-refractivity contribution in [3.8, 4) is 0 Å². The van der Waals surface area contributed by atoms with Crippen LogP contribution in [0.3, 0.4) is 0 Å². The maximum Gasteiger partial charge on any atom is 0.234 e. The van der Waals surface area contributed by atoms with Gasteiger partial charge in [-0.05, 0) is 36.4 Å². The molecule has 0 aliphatic heterocycles. The van der Waals surface area contributed by atoms with Gasteiger partial charge in [-0.15, -0.1) is 11.8 Å². The second kappa shape index (κ2) is 7.02. The quantitative estimate of drug-likeness (QED) is 0.636. The lowest BCUT2D eigenvalue weighted by molar-refractivity contribution is -0.113. The Morgan fingerprint density at radius 3 is 2.67 bits per heavy atom. The Kier molecular flexibility index (Phi) is 5.33. The largest absolute Gasteiger partial charge is 0.399 e. The first kappa shape index (κ1) is 15.9. The number of halogens is 3. The molecule has 21 heavy (non-hydrogen) atoms. The molecule has 0 heterocycles. The third kappa shape index (κ3) is 4.52. The average Bonchev–Trinajstić information content (AvgIpc) is 2.43. The van der Waals surface area contributed by atoms with Crippen LogP contribution in [0, 0.1) is 5.82 Å². The van der Waals surface area contributed by atoms with Crippen LogP contribution >= 0.6 is 35.0 Å². The molecule has 0 spiro atoms. The van der Waals surface area contributed by atoms with E-state index in [-0.39, 0.29) is 16.7 Å². The molecule has 0 aliphatic rings. The van der Waals surface area contributed by atoms with Crippen molar-refractivity contribution in [1.29, 1.82) is 0 Å². The van der Waals surface area contributed by atoms with Crippen LogP contribution < -0.4 is 11.1 Å². The summed E-state index contributed by atoms with van der Waals surface area (Å²) in [5.41, 5.74) is 6.60. The molecule has 110 valence electrons. The van der Waals surface area contributed by atoms with Gasteiger partial charge in [0.2, 0.25) is 5.91 Å². The van der Waals surface area contributed by atoms with Crippen LogP contribution in [0.2, 0.25) is 10.0 Å².